The number of carbonyl (C=O) groups is 2. The zero-order chi connectivity index (χ0) is 21.6. The van der Waals surface area contributed by atoms with Gasteiger partial charge in [-0.1, -0.05) is 31.2 Å². The molecule has 0 aromatic heterocycles. The van der Waals surface area contributed by atoms with Crippen molar-refractivity contribution in [3.8, 4) is 5.75 Å². The molecule has 1 fully saturated rings. The number of piperazine rings is 1. The molecule has 1 aliphatic heterocycles. The van der Waals surface area contributed by atoms with Gasteiger partial charge in [0.05, 0.1) is 6.54 Å². The molecule has 6 heteroatoms. The summed E-state index contributed by atoms with van der Waals surface area (Å²) >= 11 is 0. The molecule has 2 aromatic rings. The first-order valence-corrected chi connectivity index (χ1v) is 11.2. The molecule has 2 aliphatic rings. The van der Waals surface area contributed by atoms with Crippen molar-refractivity contribution in [2.45, 2.75) is 32.6 Å². The van der Waals surface area contributed by atoms with Crippen LogP contribution in [0.5, 0.6) is 5.75 Å². The Labute approximate surface area is 184 Å². The first-order valence-electron chi connectivity index (χ1n) is 11.2. The Bertz CT molecular complexity index is 935. The van der Waals surface area contributed by atoms with E-state index in [1.165, 1.54) is 17.5 Å². The number of aryl methyl sites for hydroxylation is 3. The summed E-state index contributed by atoms with van der Waals surface area (Å²) in [4.78, 5) is 28.9. The summed E-state index contributed by atoms with van der Waals surface area (Å²) in [5.41, 5.74) is 4.76. The summed E-state index contributed by atoms with van der Waals surface area (Å²) in [6.07, 6.45) is 4.32. The number of carbonyl (C=O) groups excluding carboxylic acids is 2. The molecule has 4 rings (SSSR count). The van der Waals surface area contributed by atoms with Crippen LogP contribution in [0, 0.1) is 0 Å². The van der Waals surface area contributed by atoms with Crippen molar-refractivity contribution >= 4 is 17.5 Å². The highest BCUT2D eigenvalue weighted by Crippen LogP contribution is 2.26. The van der Waals surface area contributed by atoms with Gasteiger partial charge in [0.1, 0.15) is 5.75 Å². The molecular formula is C25H31N3O3. The standard InChI is InChI=1S/C25H31N3O3/c1-2-19-6-3-4-9-23(19)26-24(29)17-27-12-14-28(15-13-27)25(30)18-31-22-11-10-20-7-5-8-21(20)16-22/h3-4,6,9-11,16H,2,5,7-8,12-15,17-18H2,1H3,(H,26,29). The number of ether oxygens (including phenoxy) is 1. The second-order valence-corrected chi connectivity index (χ2v) is 8.29. The van der Waals surface area contributed by atoms with Crippen molar-refractivity contribution in [3.05, 3.63) is 59.2 Å². The molecule has 1 aliphatic carbocycles. The van der Waals surface area contributed by atoms with E-state index in [1.54, 1.807) is 0 Å². The maximum absolute atomic E-state index is 12.5. The molecule has 0 atom stereocenters. The van der Waals surface area contributed by atoms with Gasteiger partial charge in [0.2, 0.25) is 5.91 Å². The summed E-state index contributed by atoms with van der Waals surface area (Å²) < 4.78 is 5.76. The van der Waals surface area contributed by atoms with E-state index in [-0.39, 0.29) is 18.4 Å². The summed E-state index contributed by atoms with van der Waals surface area (Å²) in [6, 6.07) is 14.0. The molecule has 0 radical (unpaired) electrons. The predicted octanol–water partition coefficient (Wildman–Crippen LogP) is 2.90. The molecule has 31 heavy (non-hydrogen) atoms. The lowest BCUT2D eigenvalue weighted by atomic mass is 10.1. The normalized spacial score (nSPS) is 16.1. The maximum Gasteiger partial charge on any atom is 0.260 e. The van der Waals surface area contributed by atoms with Gasteiger partial charge in [-0.25, -0.2) is 0 Å². The minimum Gasteiger partial charge on any atom is -0.484 e. The van der Waals surface area contributed by atoms with Crippen molar-refractivity contribution in [3.63, 3.8) is 0 Å². The van der Waals surface area contributed by atoms with Gasteiger partial charge < -0.3 is 15.0 Å². The Balaban J connectivity index is 1.20. The van der Waals surface area contributed by atoms with Gasteiger partial charge in [-0.3, -0.25) is 14.5 Å². The lowest BCUT2D eigenvalue weighted by Crippen LogP contribution is -2.51. The van der Waals surface area contributed by atoms with E-state index >= 15 is 0 Å². The number of fused-ring (bicyclic) bond motifs is 1. The molecule has 2 amide bonds. The number of rotatable bonds is 7. The van der Waals surface area contributed by atoms with Crippen molar-refractivity contribution in [1.29, 1.82) is 0 Å². The number of nitrogens with one attached hydrogen (secondary N) is 1. The van der Waals surface area contributed by atoms with Crippen LogP contribution in [0.1, 0.15) is 30.0 Å². The van der Waals surface area contributed by atoms with Crippen LogP contribution in [-0.2, 0) is 28.9 Å². The van der Waals surface area contributed by atoms with E-state index in [4.69, 9.17) is 4.74 Å². The third-order valence-electron chi connectivity index (χ3n) is 6.20. The van der Waals surface area contributed by atoms with Crippen molar-refractivity contribution < 1.29 is 14.3 Å². The van der Waals surface area contributed by atoms with Gasteiger partial charge in [0.25, 0.3) is 5.91 Å². The minimum absolute atomic E-state index is 0.00136. The molecule has 0 unspecified atom stereocenters. The van der Waals surface area contributed by atoms with Gasteiger partial charge >= 0.3 is 0 Å². The van der Waals surface area contributed by atoms with Crippen LogP contribution in [0.15, 0.2) is 42.5 Å². The molecule has 1 heterocycles. The maximum atomic E-state index is 12.5. The Morgan fingerprint density at radius 2 is 1.77 bits per heavy atom. The van der Waals surface area contributed by atoms with Gasteiger partial charge in [-0.2, -0.15) is 0 Å². The van der Waals surface area contributed by atoms with Crippen molar-refractivity contribution in [2.24, 2.45) is 0 Å². The first-order chi connectivity index (χ1) is 15.1. The highest BCUT2D eigenvalue weighted by atomic mass is 16.5. The largest absolute Gasteiger partial charge is 0.484 e. The summed E-state index contributed by atoms with van der Waals surface area (Å²) in [5.74, 6) is 0.763. The molecule has 1 saturated heterocycles. The number of amides is 2. The second kappa shape index (κ2) is 9.96. The van der Waals surface area contributed by atoms with E-state index in [0.717, 1.165) is 36.3 Å². The predicted molar refractivity (Wildman–Crippen MR) is 121 cm³/mol. The van der Waals surface area contributed by atoms with E-state index in [9.17, 15) is 9.59 Å². The lowest BCUT2D eigenvalue weighted by molar-refractivity contribution is -0.135. The summed E-state index contributed by atoms with van der Waals surface area (Å²) in [7, 11) is 0. The number of anilines is 1. The first kappa shape index (κ1) is 21.4. The van der Waals surface area contributed by atoms with Gasteiger partial charge in [0.15, 0.2) is 6.61 Å². The zero-order valence-electron chi connectivity index (χ0n) is 18.2. The average Bonchev–Trinajstić information content (AvgIpc) is 3.26. The van der Waals surface area contributed by atoms with Gasteiger partial charge in [-0.15, -0.1) is 0 Å². The summed E-state index contributed by atoms with van der Waals surface area (Å²) in [5, 5.41) is 3.02. The Morgan fingerprint density at radius 1 is 1.00 bits per heavy atom. The van der Waals surface area contributed by atoms with E-state index in [2.05, 4.69) is 29.3 Å². The van der Waals surface area contributed by atoms with Gasteiger partial charge in [0, 0.05) is 31.9 Å². The van der Waals surface area contributed by atoms with Crippen LogP contribution in [0.4, 0.5) is 5.69 Å². The highest BCUT2D eigenvalue weighted by molar-refractivity contribution is 5.93. The third kappa shape index (κ3) is 5.44. The SMILES string of the molecule is CCc1ccccc1NC(=O)CN1CCN(C(=O)COc2ccc3c(c2)CCC3)CC1. The molecule has 0 spiro atoms. The third-order valence-corrected chi connectivity index (χ3v) is 6.20. The molecule has 1 N–H and O–H groups in total. The molecular weight excluding hydrogens is 390 g/mol. The van der Waals surface area contributed by atoms with E-state index < -0.39 is 0 Å². The quantitative estimate of drug-likeness (QED) is 0.747. The molecule has 0 saturated carbocycles. The average molecular weight is 422 g/mol. The van der Waals surface area contributed by atoms with E-state index in [0.29, 0.717) is 32.7 Å². The number of hydrogen-bond donors (Lipinski definition) is 1. The monoisotopic (exact) mass is 421 g/mol. The number of hydrogen-bond acceptors (Lipinski definition) is 4. The van der Waals surface area contributed by atoms with Crippen LogP contribution >= 0.6 is 0 Å². The number of nitrogens with zero attached hydrogens (tertiary/aromatic N) is 2. The van der Waals surface area contributed by atoms with Gasteiger partial charge in [-0.05, 0) is 60.6 Å². The lowest BCUT2D eigenvalue weighted by Gasteiger charge is -2.34. The van der Waals surface area contributed by atoms with Crippen LogP contribution in [0.25, 0.3) is 0 Å². The molecule has 0 bridgehead atoms. The fourth-order valence-electron chi connectivity index (χ4n) is 4.37. The summed E-state index contributed by atoms with van der Waals surface area (Å²) in [6.45, 7) is 5.09. The smallest absolute Gasteiger partial charge is 0.260 e. The Kier molecular flexibility index (Phi) is 6.87. The number of benzene rings is 2. The van der Waals surface area contributed by atoms with Crippen molar-refractivity contribution in [1.82, 2.24) is 9.80 Å². The van der Waals surface area contributed by atoms with E-state index in [1.807, 2.05) is 35.2 Å². The number of para-hydroxylation sites is 1. The topological polar surface area (TPSA) is 61.9 Å². The van der Waals surface area contributed by atoms with Crippen LogP contribution < -0.4 is 10.1 Å². The fraction of sp³-hybridized carbons (Fsp3) is 0.440. The van der Waals surface area contributed by atoms with Crippen LogP contribution in [0.2, 0.25) is 0 Å². The molecule has 164 valence electrons. The molecule has 2 aromatic carbocycles. The zero-order valence-corrected chi connectivity index (χ0v) is 18.2. The second-order valence-electron chi connectivity index (χ2n) is 8.29. The minimum atomic E-state index is -0.0133. The molecule has 6 nitrogen and oxygen atoms in total. The van der Waals surface area contributed by atoms with Crippen LogP contribution in [-0.4, -0.2) is 60.9 Å². The van der Waals surface area contributed by atoms with Crippen molar-refractivity contribution in [2.75, 3.05) is 44.6 Å². The van der Waals surface area contributed by atoms with Crippen LogP contribution in [0.3, 0.4) is 0 Å². The Morgan fingerprint density at radius 3 is 2.58 bits per heavy atom. The Hall–Kier alpha value is -2.86. The fourth-order valence-corrected chi connectivity index (χ4v) is 4.37. The highest BCUT2D eigenvalue weighted by Gasteiger charge is 2.23.